The van der Waals surface area contributed by atoms with Crippen molar-refractivity contribution < 1.29 is 13.3 Å². The van der Waals surface area contributed by atoms with Crippen LogP contribution in [0.15, 0.2) is 24.3 Å². The smallest absolute Gasteiger partial charge is 0.269 e. The maximum atomic E-state index is 11.4. The SMILES string of the molecule is CS(=O)(=O)N[C@@H]1CCCC[C@@H]1Nc1ccc([N+](=O)[O-])cc1. The molecule has 1 fully saturated rings. The summed E-state index contributed by atoms with van der Waals surface area (Å²) in [7, 11) is -3.25. The predicted molar refractivity (Wildman–Crippen MR) is 80.7 cm³/mol. The fourth-order valence-electron chi connectivity index (χ4n) is 2.61. The number of benzene rings is 1. The van der Waals surface area contributed by atoms with E-state index in [4.69, 9.17) is 0 Å². The molecule has 0 spiro atoms. The minimum atomic E-state index is -3.25. The van der Waals surface area contributed by atoms with Crippen molar-refractivity contribution in [3.63, 3.8) is 0 Å². The average Bonchev–Trinajstić information content (AvgIpc) is 2.40. The number of nitrogens with one attached hydrogen (secondary N) is 2. The van der Waals surface area contributed by atoms with Gasteiger partial charge in [-0.1, -0.05) is 12.8 Å². The lowest BCUT2D eigenvalue weighted by molar-refractivity contribution is -0.384. The minimum Gasteiger partial charge on any atom is -0.381 e. The van der Waals surface area contributed by atoms with Crippen LogP contribution in [0.4, 0.5) is 11.4 Å². The molecule has 0 heterocycles. The van der Waals surface area contributed by atoms with Gasteiger partial charge in [-0.2, -0.15) is 0 Å². The minimum absolute atomic E-state index is 0.00469. The summed E-state index contributed by atoms with van der Waals surface area (Å²) in [5.41, 5.74) is 0.794. The Balaban J connectivity index is 2.06. The molecule has 0 radical (unpaired) electrons. The summed E-state index contributed by atoms with van der Waals surface area (Å²) >= 11 is 0. The molecule has 21 heavy (non-hydrogen) atoms. The molecule has 0 bridgehead atoms. The van der Waals surface area contributed by atoms with Crippen LogP contribution in [0.25, 0.3) is 0 Å². The van der Waals surface area contributed by atoms with Crippen molar-refractivity contribution in [2.24, 2.45) is 0 Å². The zero-order chi connectivity index (χ0) is 15.5. The zero-order valence-corrected chi connectivity index (χ0v) is 12.6. The molecule has 8 heteroatoms. The van der Waals surface area contributed by atoms with Gasteiger partial charge in [-0.3, -0.25) is 10.1 Å². The molecule has 2 N–H and O–H groups in total. The lowest BCUT2D eigenvalue weighted by Crippen LogP contribution is -2.48. The molecule has 1 aromatic carbocycles. The van der Waals surface area contributed by atoms with Gasteiger partial charge in [0.2, 0.25) is 10.0 Å². The first-order chi connectivity index (χ1) is 9.85. The molecule has 0 aromatic heterocycles. The van der Waals surface area contributed by atoms with E-state index < -0.39 is 14.9 Å². The zero-order valence-electron chi connectivity index (χ0n) is 11.8. The number of nitrogens with zero attached hydrogens (tertiary/aromatic N) is 1. The summed E-state index contributed by atoms with van der Waals surface area (Å²) in [6.45, 7) is 0. The van der Waals surface area contributed by atoms with Gasteiger partial charge in [0.15, 0.2) is 0 Å². The van der Waals surface area contributed by atoms with Gasteiger partial charge in [-0.05, 0) is 25.0 Å². The van der Waals surface area contributed by atoms with E-state index >= 15 is 0 Å². The third kappa shape index (κ3) is 4.68. The van der Waals surface area contributed by atoms with Crippen LogP contribution in [0.5, 0.6) is 0 Å². The Morgan fingerprint density at radius 3 is 2.24 bits per heavy atom. The molecule has 7 nitrogen and oxygen atoms in total. The first kappa shape index (κ1) is 15.7. The molecular weight excluding hydrogens is 294 g/mol. The van der Waals surface area contributed by atoms with Gasteiger partial charge < -0.3 is 5.32 Å². The molecule has 1 aliphatic carbocycles. The first-order valence-corrected chi connectivity index (χ1v) is 8.72. The highest BCUT2D eigenvalue weighted by atomic mass is 32.2. The summed E-state index contributed by atoms with van der Waals surface area (Å²) in [5, 5.41) is 13.9. The molecule has 2 rings (SSSR count). The number of anilines is 1. The van der Waals surface area contributed by atoms with Crippen LogP contribution in [0.2, 0.25) is 0 Å². The topological polar surface area (TPSA) is 101 Å². The van der Waals surface area contributed by atoms with Gasteiger partial charge in [-0.25, -0.2) is 13.1 Å². The Hall–Kier alpha value is -1.67. The van der Waals surface area contributed by atoms with E-state index in [2.05, 4.69) is 10.0 Å². The molecule has 2 atom stereocenters. The number of nitro groups is 1. The van der Waals surface area contributed by atoms with Gasteiger partial charge in [0.05, 0.1) is 11.2 Å². The van der Waals surface area contributed by atoms with Crippen molar-refractivity contribution in [1.82, 2.24) is 4.72 Å². The van der Waals surface area contributed by atoms with Crippen LogP contribution in [-0.2, 0) is 10.0 Å². The van der Waals surface area contributed by atoms with Crippen LogP contribution in [0.1, 0.15) is 25.7 Å². The summed E-state index contributed by atoms with van der Waals surface area (Å²) in [6.07, 6.45) is 4.84. The molecule has 0 aliphatic heterocycles. The summed E-state index contributed by atoms with van der Waals surface area (Å²) in [5.74, 6) is 0. The van der Waals surface area contributed by atoms with Crippen LogP contribution in [0, 0.1) is 10.1 Å². The highest BCUT2D eigenvalue weighted by Gasteiger charge is 2.27. The van der Waals surface area contributed by atoms with E-state index in [1.165, 1.54) is 12.1 Å². The maximum Gasteiger partial charge on any atom is 0.269 e. The van der Waals surface area contributed by atoms with Crippen molar-refractivity contribution in [2.75, 3.05) is 11.6 Å². The first-order valence-electron chi connectivity index (χ1n) is 6.83. The van der Waals surface area contributed by atoms with E-state index in [0.29, 0.717) is 0 Å². The number of hydrogen-bond acceptors (Lipinski definition) is 5. The van der Waals surface area contributed by atoms with Crippen LogP contribution >= 0.6 is 0 Å². The lowest BCUT2D eigenvalue weighted by Gasteiger charge is -2.32. The van der Waals surface area contributed by atoms with E-state index in [1.54, 1.807) is 12.1 Å². The van der Waals surface area contributed by atoms with E-state index in [1.807, 2.05) is 0 Å². The number of rotatable bonds is 5. The maximum absolute atomic E-state index is 11.4. The van der Waals surface area contributed by atoms with Crippen LogP contribution in [0.3, 0.4) is 0 Å². The molecule has 1 aliphatic rings. The fourth-order valence-corrected chi connectivity index (χ4v) is 3.45. The molecule has 0 saturated heterocycles. The Morgan fingerprint density at radius 2 is 1.71 bits per heavy atom. The summed E-state index contributed by atoms with van der Waals surface area (Å²) in [6, 6.07) is 6.00. The van der Waals surface area contributed by atoms with Gasteiger partial charge >= 0.3 is 0 Å². The third-order valence-electron chi connectivity index (χ3n) is 3.56. The van der Waals surface area contributed by atoms with Gasteiger partial charge in [0.25, 0.3) is 5.69 Å². The highest BCUT2D eigenvalue weighted by Crippen LogP contribution is 2.24. The Labute approximate surface area is 123 Å². The third-order valence-corrected chi connectivity index (χ3v) is 4.29. The van der Waals surface area contributed by atoms with Crippen LogP contribution < -0.4 is 10.0 Å². The molecule has 0 unspecified atom stereocenters. The normalized spacial score (nSPS) is 22.7. The number of sulfonamides is 1. The van der Waals surface area contributed by atoms with Gasteiger partial charge in [-0.15, -0.1) is 0 Å². The average molecular weight is 313 g/mol. The number of nitro benzene ring substituents is 1. The molecule has 0 amide bonds. The summed E-state index contributed by atoms with van der Waals surface area (Å²) in [4.78, 5) is 10.2. The van der Waals surface area contributed by atoms with Crippen molar-refractivity contribution in [3.05, 3.63) is 34.4 Å². The van der Waals surface area contributed by atoms with E-state index in [-0.39, 0.29) is 17.8 Å². The van der Waals surface area contributed by atoms with E-state index in [9.17, 15) is 18.5 Å². The number of non-ortho nitro benzene ring substituents is 1. The molecule has 1 saturated carbocycles. The fraction of sp³-hybridized carbons (Fsp3) is 0.538. The lowest BCUT2D eigenvalue weighted by atomic mass is 9.91. The van der Waals surface area contributed by atoms with Gasteiger partial charge in [0, 0.05) is 29.9 Å². The highest BCUT2D eigenvalue weighted by molar-refractivity contribution is 7.88. The standard InChI is InChI=1S/C13H19N3O4S/c1-21(19,20)15-13-5-3-2-4-12(13)14-10-6-8-11(9-7-10)16(17)18/h6-9,12-15H,2-5H2,1H3/t12-,13+/m0/s1. The Kier molecular flexibility index (Phi) is 4.79. The second kappa shape index (κ2) is 6.40. The number of hydrogen-bond donors (Lipinski definition) is 2. The monoisotopic (exact) mass is 313 g/mol. The second-order valence-corrected chi connectivity index (χ2v) is 7.12. The van der Waals surface area contributed by atoms with Gasteiger partial charge in [0.1, 0.15) is 0 Å². The Bertz CT molecular complexity index is 600. The summed E-state index contributed by atoms with van der Waals surface area (Å²) < 4.78 is 25.5. The molecular formula is C13H19N3O4S. The second-order valence-electron chi connectivity index (χ2n) is 5.34. The predicted octanol–water partition coefficient (Wildman–Crippen LogP) is 1.87. The van der Waals surface area contributed by atoms with Crippen molar-refractivity contribution in [1.29, 1.82) is 0 Å². The van der Waals surface area contributed by atoms with Crippen molar-refractivity contribution in [3.8, 4) is 0 Å². The van der Waals surface area contributed by atoms with Crippen LogP contribution in [-0.4, -0.2) is 31.7 Å². The molecule has 1 aromatic rings. The van der Waals surface area contributed by atoms with E-state index in [0.717, 1.165) is 37.6 Å². The quantitative estimate of drug-likeness (QED) is 0.638. The van der Waals surface area contributed by atoms with Crippen molar-refractivity contribution >= 4 is 21.4 Å². The largest absolute Gasteiger partial charge is 0.381 e. The molecule has 116 valence electrons. The Morgan fingerprint density at radius 1 is 1.14 bits per heavy atom. The van der Waals surface area contributed by atoms with Crippen molar-refractivity contribution in [2.45, 2.75) is 37.8 Å².